The molecule has 0 aromatic heterocycles. The Morgan fingerprint density at radius 2 is 1.85 bits per heavy atom. The molecule has 0 amide bonds. The smallest absolute Gasteiger partial charge is 0.231 e. The summed E-state index contributed by atoms with van der Waals surface area (Å²) in [7, 11) is 0. The van der Waals surface area contributed by atoms with E-state index >= 15 is 0 Å². The number of benzene rings is 1. The van der Waals surface area contributed by atoms with E-state index in [0.717, 1.165) is 18.4 Å². The monoisotopic (exact) mass is 281 g/mol. The van der Waals surface area contributed by atoms with E-state index in [0.29, 0.717) is 24.6 Å². The number of fused-ring (bicyclic) bond motifs is 1. The molecule has 3 N–H and O–H groups in total. The van der Waals surface area contributed by atoms with Crippen molar-refractivity contribution in [2.45, 2.75) is 33.2 Å². The Kier molecular flexibility index (Phi) is 4.73. The topological polar surface area (TPSA) is 71.0 Å². The maximum atomic E-state index is 9.95. The number of phenols is 1. The highest BCUT2D eigenvalue weighted by molar-refractivity contribution is 5.51. The van der Waals surface area contributed by atoms with E-state index in [2.05, 4.69) is 19.2 Å². The molecule has 112 valence electrons. The first-order valence-corrected chi connectivity index (χ1v) is 7.07. The van der Waals surface area contributed by atoms with E-state index in [4.69, 9.17) is 9.47 Å². The third-order valence-electron chi connectivity index (χ3n) is 4.22. The van der Waals surface area contributed by atoms with E-state index in [1.165, 1.54) is 0 Å². The molecule has 0 aliphatic carbocycles. The van der Waals surface area contributed by atoms with Crippen LogP contribution in [0.15, 0.2) is 12.1 Å². The number of aliphatic hydroxyl groups is 1. The molecule has 0 spiro atoms. The molecule has 5 heteroatoms. The van der Waals surface area contributed by atoms with Crippen LogP contribution < -0.4 is 14.8 Å². The van der Waals surface area contributed by atoms with Crippen molar-refractivity contribution in [1.29, 1.82) is 0 Å². The van der Waals surface area contributed by atoms with Gasteiger partial charge >= 0.3 is 0 Å². The minimum absolute atomic E-state index is 0.0913. The van der Waals surface area contributed by atoms with Crippen molar-refractivity contribution in [3.63, 3.8) is 0 Å². The second kappa shape index (κ2) is 6.33. The Morgan fingerprint density at radius 3 is 2.45 bits per heavy atom. The highest BCUT2D eigenvalue weighted by Gasteiger charge is 2.25. The Balaban J connectivity index is 1.98. The molecule has 0 bridgehead atoms. The van der Waals surface area contributed by atoms with Crippen LogP contribution in [0.4, 0.5) is 0 Å². The number of phenolic OH excluding ortho intramolecular Hbond substituents is 1. The van der Waals surface area contributed by atoms with Crippen molar-refractivity contribution < 1.29 is 19.7 Å². The molecule has 1 aliphatic rings. The molecule has 20 heavy (non-hydrogen) atoms. The first-order valence-electron chi connectivity index (χ1n) is 7.07. The van der Waals surface area contributed by atoms with Crippen LogP contribution in [-0.4, -0.2) is 30.2 Å². The van der Waals surface area contributed by atoms with Crippen molar-refractivity contribution in [2.75, 3.05) is 19.9 Å². The lowest BCUT2D eigenvalue weighted by atomic mass is 9.83. The first kappa shape index (κ1) is 14.9. The van der Waals surface area contributed by atoms with Crippen LogP contribution in [0, 0.1) is 5.41 Å². The van der Waals surface area contributed by atoms with Crippen molar-refractivity contribution in [3.05, 3.63) is 17.7 Å². The molecule has 0 saturated heterocycles. The average molecular weight is 281 g/mol. The van der Waals surface area contributed by atoms with Gasteiger partial charge in [0.15, 0.2) is 11.5 Å². The predicted octanol–water partition coefficient (Wildman–Crippen LogP) is 2.01. The standard InChI is InChI=1S/C15H23NO4/c1-3-15(4-2,9-17)8-16-7-11-5-13-14(6-12(11)18)20-10-19-13/h5-6,16-18H,3-4,7-10H2,1-2H3. The van der Waals surface area contributed by atoms with Crippen LogP contribution in [0.1, 0.15) is 32.3 Å². The van der Waals surface area contributed by atoms with Crippen molar-refractivity contribution in [3.8, 4) is 17.2 Å². The third-order valence-corrected chi connectivity index (χ3v) is 4.22. The Hall–Kier alpha value is -1.46. The average Bonchev–Trinajstić information content (AvgIpc) is 2.91. The number of aliphatic hydroxyl groups excluding tert-OH is 1. The molecule has 2 rings (SSSR count). The zero-order chi connectivity index (χ0) is 14.6. The molecule has 1 heterocycles. The Labute approximate surface area is 119 Å². The normalized spacial score (nSPS) is 13.8. The van der Waals surface area contributed by atoms with E-state index in [-0.39, 0.29) is 24.6 Å². The van der Waals surface area contributed by atoms with Crippen molar-refractivity contribution >= 4 is 0 Å². The first-order chi connectivity index (χ1) is 9.64. The van der Waals surface area contributed by atoms with E-state index in [1.807, 2.05) is 0 Å². The van der Waals surface area contributed by atoms with Gasteiger partial charge in [0, 0.05) is 36.7 Å². The summed E-state index contributed by atoms with van der Waals surface area (Å²) < 4.78 is 10.5. The van der Waals surface area contributed by atoms with Crippen LogP contribution in [0.25, 0.3) is 0 Å². The van der Waals surface area contributed by atoms with Crippen LogP contribution in [0.2, 0.25) is 0 Å². The predicted molar refractivity (Wildman–Crippen MR) is 76.0 cm³/mol. The van der Waals surface area contributed by atoms with E-state index < -0.39 is 0 Å². The van der Waals surface area contributed by atoms with Gasteiger partial charge in [0.1, 0.15) is 5.75 Å². The van der Waals surface area contributed by atoms with Gasteiger partial charge in [0.2, 0.25) is 6.79 Å². The second-order valence-corrected chi connectivity index (χ2v) is 5.30. The number of nitrogens with one attached hydrogen (secondary N) is 1. The summed E-state index contributed by atoms with van der Waals surface area (Å²) in [6, 6.07) is 3.38. The quantitative estimate of drug-likeness (QED) is 0.713. The summed E-state index contributed by atoms with van der Waals surface area (Å²) in [4.78, 5) is 0. The highest BCUT2D eigenvalue weighted by Crippen LogP contribution is 2.37. The zero-order valence-corrected chi connectivity index (χ0v) is 12.1. The maximum absolute atomic E-state index is 9.95. The minimum atomic E-state index is -0.0913. The van der Waals surface area contributed by atoms with Crippen LogP contribution in [0.3, 0.4) is 0 Å². The lowest BCUT2D eigenvalue weighted by Crippen LogP contribution is -2.36. The van der Waals surface area contributed by atoms with Gasteiger partial charge in [-0.25, -0.2) is 0 Å². The molecule has 1 aliphatic heterocycles. The molecule has 0 saturated carbocycles. The third kappa shape index (κ3) is 2.99. The van der Waals surface area contributed by atoms with Gasteiger partial charge in [-0.05, 0) is 18.9 Å². The van der Waals surface area contributed by atoms with Gasteiger partial charge in [0.05, 0.1) is 0 Å². The van der Waals surface area contributed by atoms with E-state index in [9.17, 15) is 10.2 Å². The van der Waals surface area contributed by atoms with Gasteiger partial charge in [-0.1, -0.05) is 13.8 Å². The number of aromatic hydroxyl groups is 1. The lowest BCUT2D eigenvalue weighted by Gasteiger charge is -2.29. The Bertz CT molecular complexity index is 449. The van der Waals surface area contributed by atoms with Crippen LogP contribution in [0.5, 0.6) is 17.2 Å². The zero-order valence-electron chi connectivity index (χ0n) is 12.1. The summed E-state index contributed by atoms with van der Waals surface area (Å²) in [6.45, 7) is 5.78. The summed E-state index contributed by atoms with van der Waals surface area (Å²) in [5.74, 6) is 1.45. The fourth-order valence-electron chi connectivity index (χ4n) is 2.36. The number of ether oxygens (including phenoxy) is 2. The molecule has 1 aromatic carbocycles. The molecule has 1 aromatic rings. The molecular weight excluding hydrogens is 258 g/mol. The maximum Gasteiger partial charge on any atom is 0.231 e. The van der Waals surface area contributed by atoms with Gasteiger partial charge in [-0.3, -0.25) is 0 Å². The highest BCUT2D eigenvalue weighted by atomic mass is 16.7. The molecule has 5 nitrogen and oxygen atoms in total. The minimum Gasteiger partial charge on any atom is -0.507 e. The fourth-order valence-corrected chi connectivity index (χ4v) is 2.36. The summed E-state index contributed by atoms with van der Waals surface area (Å²) in [5, 5.41) is 22.8. The largest absolute Gasteiger partial charge is 0.507 e. The van der Waals surface area contributed by atoms with Crippen molar-refractivity contribution in [1.82, 2.24) is 5.32 Å². The van der Waals surface area contributed by atoms with Crippen LogP contribution >= 0.6 is 0 Å². The van der Waals surface area contributed by atoms with Gasteiger partial charge in [-0.2, -0.15) is 0 Å². The summed E-state index contributed by atoms with van der Waals surface area (Å²) in [6.07, 6.45) is 1.83. The van der Waals surface area contributed by atoms with E-state index in [1.54, 1.807) is 12.1 Å². The Morgan fingerprint density at radius 1 is 1.20 bits per heavy atom. The molecule has 0 fully saturated rings. The van der Waals surface area contributed by atoms with Crippen LogP contribution in [-0.2, 0) is 6.54 Å². The number of hydrogen-bond donors (Lipinski definition) is 3. The lowest BCUT2D eigenvalue weighted by molar-refractivity contribution is 0.113. The molecule has 0 unspecified atom stereocenters. The number of rotatable bonds is 7. The summed E-state index contributed by atoms with van der Waals surface area (Å²) in [5.41, 5.74) is 0.680. The van der Waals surface area contributed by atoms with Gasteiger partial charge < -0.3 is 25.0 Å². The molecular formula is C15H23NO4. The number of hydrogen-bond acceptors (Lipinski definition) is 5. The fraction of sp³-hybridized carbons (Fsp3) is 0.600. The second-order valence-electron chi connectivity index (χ2n) is 5.30. The van der Waals surface area contributed by atoms with Crippen molar-refractivity contribution in [2.24, 2.45) is 5.41 Å². The summed E-state index contributed by atoms with van der Waals surface area (Å²) >= 11 is 0. The SMILES string of the molecule is CCC(CC)(CO)CNCc1cc2c(cc1O)OCO2. The van der Waals surface area contributed by atoms with Gasteiger partial charge in [0.25, 0.3) is 0 Å². The van der Waals surface area contributed by atoms with Gasteiger partial charge in [-0.15, -0.1) is 0 Å². The molecule has 0 radical (unpaired) electrons. The molecule has 0 atom stereocenters.